The van der Waals surface area contributed by atoms with Crippen molar-refractivity contribution in [3.63, 3.8) is 0 Å². The second-order valence-electron chi connectivity index (χ2n) is 4.07. The quantitative estimate of drug-likeness (QED) is 0.815. The zero-order chi connectivity index (χ0) is 11.7. The average Bonchev–Trinajstić information content (AvgIpc) is 2.75. The van der Waals surface area contributed by atoms with Crippen molar-refractivity contribution in [3.05, 3.63) is 24.5 Å². The van der Waals surface area contributed by atoms with E-state index in [1.165, 1.54) is 0 Å². The van der Waals surface area contributed by atoms with Gasteiger partial charge in [-0.2, -0.15) is 0 Å². The molecule has 3 heterocycles. The Morgan fingerprint density at radius 2 is 2.18 bits per heavy atom. The van der Waals surface area contributed by atoms with Crippen LogP contribution in [0, 0.1) is 0 Å². The predicted octanol–water partition coefficient (Wildman–Crippen LogP) is 2.29. The molecule has 0 aliphatic carbocycles. The molecule has 0 radical (unpaired) electrons. The summed E-state index contributed by atoms with van der Waals surface area (Å²) >= 11 is 1.77. The number of nitrogens with zero attached hydrogens (tertiary/aromatic N) is 3. The summed E-state index contributed by atoms with van der Waals surface area (Å²) in [6, 6.07) is 3.98. The van der Waals surface area contributed by atoms with Gasteiger partial charge in [-0.05, 0) is 25.5 Å². The van der Waals surface area contributed by atoms with E-state index in [0.29, 0.717) is 17.0 Å². The normalized spacial score (nSPS) is 24.3. The largest absolute Gasteiger partial charge is 0.377 e. The Labute approximate surface area is 104 Å². The number of rotatable bonds is 2. The number of pyridine rings is 1. The molecule has 17 heavy (non-hydrogen) atoms. The third kappa shape index (κ3) is 2.25. The first-order valence-corrected chi connectivity index (χ1v) is 6.57. The molecule has 0 unspecified atom stereocenters. The lowest BCUT2D eigenvalue weighted by Crippen LogP contribution is -2.13. The monoisotopic (exact) mass is 247 g/mol. The van der Waals surface area contributed by atoms with Crippen LogP contribution in [0.3, 0.4) is 0 Å². The van der Waals surface area contributed by atoms with E-state index in [1.54, 1.807) is 24.2 Å². The molecule has 1 aliphatic rings. The molecule has 0 saturated carbocycles. The van der Waals surface area contributed by atoms with Crippen molar-refractivity contribution >= 4 is 22.9 Å². The van der Waals surface area contributed by atoms with Gasteiger partial charge in [0.15, 0.2) is 5.65 Å². The first-order valence-electron chi connectivity index (χ1n) is 5.69. The summed E-state index contributed by atoms with van der Waals surface area (Å²) in [5.41, 5.74) is 1.55. The molecule has 0 aromatic carbocycles. The maximum absolute atomic E-state index is 5.55. The molecule has 0 amide bonds. The Kier molecular flexibility index (Phi) is 2.94. The van der Waals surface area contributed by atoms with Crippen LogP contribution in [0.2, 0.25) is 0 Å². The van der Waals surface area contributed by atoms with Crippen molar-refractivity contribution in [2.45, 2.75) is 29.7 Å². The molecule has 0 N–H and O–H groups in total. The molecule has 2 aromatic heterocycles. The van der Waals surface area contributed by atoms with Crippen LogP contribution in [0.5, 0.6) is 0 Å². The lowest BCUT2D eigenvalue weighted by Gasteiger charge is -2.12. The molecule has 0 bridgehead atoms. The van der Waals surface area contributed by atoms with Crippen LogP contribution in [0.1, 0.15) is 13.3 Å². The Morgan fingerprint density at radius 3 is 3.00 bits per heavy atom. The standard InChI is InChI=1S/C12H13N3OS/c1-8-10(4-7-16-8)17-11-3-2-9-12(15-11)14-6-5-13-9/h2-3,5-6,8,10H,4,7H2,1H3/t8-,10-/m0/s1. The molecule has 2 atom stereocenters. The maximum Gasteiger partial charge on any atom is 0.179 e. The van der Waals surface area contributed by atoms with Gasteiger partial charge in [-0.1, -0.05) is 0 Å². The maximum atomic E-state index is 5.55. The smallest absolute Gasteiger partial charge is 0.179 e. The van der Waals surface area contributed by atoms with Gasteiger partial charge in [-0.3, -0.25) is 4.98 Å². The summed E-state index contributed by atoms with van der Waals surface area (Å²) in [4.78, 5) is 12.9. The van der Waals surface area contributed by atoms with E-state index in [0.717, 1.165) is 23.6 Å². The average molecular weight is 247 g/mol. The Bertz CT molecular complexity index is 534. The van der Waals surface area contributed by atoms with Gasteiger partial charge in [-0.15, -0.1) is 11.8 Å². The zero-order valence-corrected chi connectivity index (χ0v) is 10.4. The fourth-order valence-corrected chi connectivity index (χ4v) is 3.00. The second-order valence-corrected chi connectivity index (χ2v) is 5.33. The van der Waals surface area contributed by atoms with E-state index in [4.69, 9.17) is 4.74 Å². The number of aromatic nitrogens is 3. The minimum Gasteiger partial charge on any atom is -0.377 e. The highest BCUT2D eigenvalue weighted by Crippen LogP contribution is 2.31. The molecule has 4 nitrogen and oxygen atoms in total. The van der Waals surface area contributed by atoms with Crippen LogP contribution in [-0.4, -0.2) is 32.9 Å². The predicted molar refractivity (Wildman–Crippen MR) is 67.0 cm³/mol. The van der Waals surface area contributed by atoms with E-state index in [2.05, 4.69) is 21.9 Å². The molecule has 88 valence electrons. The number of ether oxygens (including phenoxy) is 1. The van der Waals surface area contributed by atoms with Gasteiger partial charge in [0.2, 0.25) is 0 Å². The minimum absolute atomic E-state index is 0.305. The molecular formula is C12H13N3OS. The summed E-state index contributed by atoms with van der Waals surface area (Å²) in [6.45, 7) is 2.97. The van der Waals surface area contributed by atoms with Gasteiger partial charge < -0.3 is 4.74 Å². The summed E-state index contributed by atoms with van der Waals surface area (Å²) in [5, 5.41) is 1.50. The van der Waals surface area contributed by atoms with Gasteiger partial charge in [0.1, 0.15) is 5.52 Å². The molecule has 3 rings (SSSR count). The third-order valence-corrected chi connectivity index (χ3v) is 4.28. The van der Waals surface area contributed by atoms with Crippen LogP contribution in [0.15, 0.2) is 29.6 Å². The van der Waals surface area contributed by atoms with E-state index in [-0.39, 0.29) is 0 Å². The Hall–Kier alpha value is -1.20. The van der Waals surface area contributed by atoms with Crippen LogP contribution in [-0.2, 0) is 4.74 Å². The first-order chi connectivity index (χ1) is 8.33. The molecule has 1 fully saturated rings. The highest BCUT2D eigenvalue weighted by Gasteiger charge is 2.25. The lowest BCUT2D eigenvalue weighted by molar-refractivity contribution is 0.127. The van der Waals surface area contributed by atoms with E-state index < -0.39 is 0 Å². The molecule has 1 aliphatic heterocycles. The van der Waals surface area contributed by atoms with Crippen molar-refractivity contribution in [1.29, 1.82) is 0 Å². The zero-order valence-electron chi connectivity index (χ0n) is 9.54. The van der Waals surface area contributed by atoms with Gasteiger partial charge in [-0.25, -0.2) is 9.97 Å². The van der Waals surface area contributed by atoms with E-state index >= 15 is 0 Å². The topological polar surface area (TPSA) is 47.9 Å². The molecular weight excluding hydrogens is 234 g/mol. The van der Waals surface area contributed by atoms with Crippen molar-refractivity contribution < 1.29 is 4.74 Å². The SMILES string of the molecule is C[C@@H]1OCC[C@@H]1Sc1ccc2nccnc2n1. The van der Waals surface area contributed by atoms with Crippen molar-refractivity contribution in [1.82, 2.24) is 15.0 Å². The Balaban J connectivity index is 1.85. The molecule has 5 heteroatoms. The highest BCUT2D eigenvalue weighted by molar-refractivity contribution is 7.99. The lowest BCUT2D eigenvalue weighted by atomic mass is 10.3. The molecule has 2 aromatic rings. The van der Waals surface area contributed by atoms with Crippen molar-refractivity contribution in [3.8, 4) is 0 Å². The van der Waals surface area contributed by atoms with Crippen LogP contribution < -0.4 is 0 Å². The number of thioether (sulfide) groups is 1. The van der Waals surface area contributed by atoms with E-state index in [1.807, 2.05) is 12.1 Å². The number of hydrogen-bond donors (Lipinski definition) is 0. The van der Waals surface area contributed by atoms with Crippen molar-refractivity contribution in [2.24, 2.45) is 0 Å². The fourth-order valence-electron chi connectivity index (χ4n) is 1.92. The van der Waals surface area contributed by atoms with Crippen LogP contribution >= 0.6 is 11.8 Å². The van der Waals surface area contributed by atoms with Crippen LogP contribution in [0.4, 0.5) is 0 Å². The third-order valence-electron chi connectivity index (χ3n) is 2.88. The van der Waals surface area contributed by atoms with Gasteiger partial charge in [0.25, 0.3) is 0 Å². The first kappa shape index (κ1) is 10.9. The number of fused-ring (bicyclic) bond motifs is 1. The summed E-state index contributed by atoms with van der Waals surface area (Å²) in [5.74, 6) is 0. The minimum atomic E-state index is 0.305. The summed E-state index contributed by atoms with van der Waals surface area (Å²) < 4.78 is 5.55. The molecule has 0 spiro atoms. The Morgan fingerprint density at radius 1 is 1.29 bits per heavy atom. The summed E-state index contributed by atoms with van der Waals surface area (Å²) in [6.07, 6.45) is 4.75. The van der Waals surface area contributed by atoms with Gasteiger partial charge in [0.05, 0.1) is 11.1 Å². The molecule has 1 saturated heterocycles. The highest BCUT2D eigenvalue weighted by atomic mass is 32.2. The summed E-state index contributed by atoms with van der Waals surface area (Å²) in [7, 11) is 0. The van der Waals surface area contributed by atoms with Crippen LogP contribution in [0.25, 0.3) is 11.2 Å². The van der Waals surface area contributed by atoms with Gasteiger partial charge in [0, 0.05) is 24.3 Å². The fraction of sp³-hybridized carbons (Fsp3) is 0.417. The second kappa shape index (κ2) is 4.58. The number of hydrogen-bond acceptors (Lipinski definition) is 5. The van der Waals surface area contributed by atoms with Gasteiger partial charge >= 0.3 is 0 Å². The van der Waals surface area contributed by atoms with Crippen molar-refractivity contribution in [2.75, 3.05) is 6.61 Å². The van der Waals surface area contributed by atoms with E-state index in [9.17, 15) is 0 Å².